The number of rotatable bonds is 0. The minimum Gasteiger partial charge on any atom is -0.299 e. The Balaban J connectivity index is 0.0000000788. The lowest BCUT2D eigenvalue weighted by Crippen LogP contribution is -1.91. The molecule has 0 saturated heterocycles. The van der Waals surface area contributed by atoms with Crippen LogP contribution in [0.1, 0.15) is 0 Å². The molecule has 36 rings (SSSR count). The molecule has 672 valence electrons. The monoisotopic (exact) mass is 1940 g/mol. The first-order chi connectivity index (χ1) is 71.5. The third kappa shape index (κ3) is 12.2. The number of benzene rings is 18. The van der Waals surface area contributed by atoms with Crippen molar-refractivity contribution in [1.82, 2.24) is 56.3 Å². The third-order valence-electron chi connectivity index (χ3n) is 29.1. The maximum atomic E-state index is 4.63. The number of hydrogen-bond donors (Lipinski definition) is 0. The minimum atomic E-state index is 1.02. The van der Waals surface area contributed by atoms with Crippen molar-refractivity contribution >= 4 is 353 Å². The quantitative estimate of drug-likeness (QED) is 0.140. The molecule has 0 aliphatic heterocycles. The van der Waals surface area contributed by atoms with Gasteiger partial charge in [-0.2, -0.15) is 0 Å². The highest BCUT2D eigenvalue weighted by Gasteiger charge is 2.24. The molecule has 0 unspecified atom stereocenters. The zero-order chi connectivity index (χ0) is 94.0. The molecule has 18 heteroatoms. The summed E-state index contributed by atoms with van der Waals surface area (Å²) in [6.45, 7) is 0. The molecule has 12 nitrogen and oxygen atoms in total. The fourth-order valence-corrected chi connectivity index (χ4v) is 29.9. The van der Waals surface area contributed by atoms with E-state index in [1.165, 1.54) is 251 Å². The summed E-state index contributed by atoms with van der Waals surface area (Å²) in [5.41, 5.74) is 13.6. The van der Waals surface area contributed by atoms with E-state index in [4.69, 9.17) is 0 Å². The van der Waals surface area contributed by atoms with Gasteiger partial charge in [0.1, 0.15) is 33.9 Å². The standard InChI is InChI=1S/6C21H12N2S/c1-2-7-16-14(6-1)19-17(23-12-11-22-21(16)23)10-9-15-13-5-3-4-8-18(13)24-20(15)19;1-2-7-15-13(5-1)16-12-20-17(14-6-3-4-8-19(14)24-20)11-18(16)23-10-9-22-21(15)23;1-2-7-15-13(5-1)16-11-17-14-6-3-4-8-19(14)24-20(17)12-18(16)23-10-9-22-21(15)23;1-2-7-17-13(5-1)15-9-10-16-14-6-3-4-8-18(14)24-20(16)19(15)23-12-11-22-21(17)23;1-2-6-15-13(5-1)14-9-10-18-19(16-7-3-4-8-17(16)24-18)20(14)23-12-11-22-21(15)23;1-2-6-14-13(5-1)19-16(23-12-11-22-21(14)23)9-10-18-20(19)15-7-3-4-8-17(15)24-18/h6*1-12H. The van der Waals surface area contributed by atoms with Crippen LogP contribution in [0.15, 0.2) is 438 Å². The summed E-state index contributed by atoms with van der Waals surface area (Å²) in [6.07, 6.45) is 23.7. The fourth-order valence-electron chi connectivity index (χ4n) is 23.0. The lowest BCUT2D eigenvalue weighted by Gasteiger charge is -2.09. The lowest BCUT2D eigenvalue weighted by atomic mass is 10.0. The molecule has 0 N–H and O–H groups in total. The van der Waals surface area contributed by atoms with Gasteiger partial charge in [0.25, 0.3) is 0 Å². The van der Waals surface area contributed by atoms with Crippen LogP contribution in [0.2, 0.25) is 0 Å². The van der Waals surface area contributed by atoms with Crippen LogP contribution in [-0.2, 0) is 0 Å². The van der Waals surface area contributed by atoms with E-state index in [9.17, 15) is 0 Å². The van der Waals surface area contributed by atoms with Gasteiger partial charge in [0.2, 0.25) is 0 Å². The summed E-state index contributed by atoms with van der Waals surface area (Å²) in [4.78, 5) is 27.6. The molecule has 0 saturated carbocycles. The minimum absolute atomic E-state index is 1.02. The van der Waals surface area contributed by atoms with Crippen LogP contribution in [-0.4, -0.2) is 56.3 Å². The molecule has 18 aromatic heterocycles. The molecule has 18 aromatic carbocycles. The largest absolute Gasteiger partial charge is 0.299 e. The van der Waals surface area contributed by atoms with Gasteiger partial charge in [-0.05, 0) is 117 Å². The highest BCUT2D eigenvalue weighted by atomic mass is 32.1. The number of hydrogen-bond acceptors (Lipinski definition) is 12. The van der Waals surface area contributed by atoms with E-state index in [0.717, 1.165) is 33.9 Å². The number of aromatic nitrogens is 12. The smallest absolute Gasteiger partial charge is 0.145 e. The summed E-state index contributed by atoms with van der Waals surface area (Å²) < 4.78 is 29.4. The molecule has 0 bridgehead atoms. The lowest BCUT2D eigenvalue weighted by molar-refractivity contribution is 1.27. The molecule has 0 fully saturated rings. The topological polar surface area (TPSA) is 104 Å². The first kappa shape index (κ1) is 81.4. The zero-order valence-electron chi connectivity index (χ0n) is 76.4. The van der Waals surface area contributed by atoms with Crippen molar-refractivity contribution in [2.75, 3.05) is 0 Å². The van der Waals surface area contributed by atoms with Gasteiger partial charge in [0, 0.05) is 255 Å². The maximum absolute atomic E-state index is 4.63. The van der Waals surface area contributed by atoms with Gasteiger partial charge in [-0.3, -0.25) is 26.4 Å². The summed E-state index contributed by atoms with van der Waals surface area (Å²) in [6, 6.07) is 131. The van der Waals surface area contributed by atoms with Crippen molar-refractivity contribution in [3.8, 4) is 0 Å². The van der Waals surface area contributed by atoms with Gasteiger partial charge in [-0.25, -0.2) is 29.9 Å². The van der Waals surface area contributed by atoms with E-state index >= 15 is 0 Å². The average molecular weight is 1950 g/mol. The van der Waals surface area contributed by atoms with E-state index in [0.29, 0.717) is 0 Å². The van der Waals surface area contributed by atoms with E-state index in [1.807, 2.05) is 105 Å². The molecule has 36 aromatic rings. The van der Waals surface area contributed by atoms with Gasteiger partial charge in [-0.15, -0.1) is 68.0 Å². The molecular weight excluding hydrogens is 1870 g/mol. The van der Waals surface area contributed by atoms with Crippen molar-refractivity contribution in [2.24, 2.45) is 0 Å². The van der Waals surface area contributed by atoms with Gasteiger partial charge >= 0.3 is 0 Å². The van der Waals surface area contributed by atoms with Crippen LogP contribution in [0, 0.1) is 0 Å². The molecule has 18 heterocycles. The molecule has 144 heavy (non-hydrogen) atoms. The maximum Gasteiger partial charge on any atom is 0.145 e. The number of imidazole rings is 6. The second kappa shape index (κ2) is 32.0. The fraction of sp³-hybridized carbons (Fsp3) is 0. The Kier molecular flexibility index (Phi) is 18.1. The average Bonchev–Trinajstić information content (AvgIpc) is 1.50. The van der Waals surface area contributed by atoms with E-state index in [-0.39, 0.29) is 0 Å². The normalized spacial score (nSPS) is 12.2. The van der Waals surface area contributed by atoms with Crippen molar-refractivity contribution in [3.63, 3.8) is 0 Å². The van der Waals surface area contributed by atoms with Gasteiger partial charge in [-0.1, -0.05) is 279 Å². The van der Waals surface area contributed by atoms with Crippen LogP contribution in [0.3, 0.4) is 0 Å². The number of thiophene rings is 6. The summed E-state index contributed by atoms with van der Waals surface area (Å²) in [5, 5.41) is 38.7. The SMILES string of the molecule is c1ccc2c(c1)sc1c2ccc2c1c1ccccc1c1nccn21.c1ccc2c(c1)sc1c2ccc2c3ccccc3c3nccn3c21.c1ccc2c(c1)sc1cc3c(cc12)c1ccccc1c1nccn31.c1ccc2c(c1)sc1cc3c4ccccc4c4nccn4c3cc12.c1ccc2c(c1)sc1ccc3c(c4ccccc4c4nccn34)c12.c1ccc2c(c1)sc1ccc3c4ccccc4c4nccn4c3c12. The highest BCUT2D eigenvalue weighted by molar-refractivity contribution is 7.28. The molecule has 0 aliphatic carbocycles. The Hall–Kier alpha value is -17.5. The second-order valence-corrected chi connectivity index (χ2v) is 43.1. The number of nitrogens with zero attached hydrogens (tertiary/aromatic N) is 12. The Morgan fingerprint density at radius 1 is 0.139 bits per heavy atom. The molecule has 0 atom stereocenters. The second-order valence-electron chi connectivity index (χ2n) is 36.7. The first-order valence-corrected chi connectivity index (χ1v) is 52.9. The van der Waals surface area contributed by atoms with Gasteiger partial charge in [0.05, 0.1) is 37.8 Å². The van der Waals surface area contributed by atoms with Crippen molar-refractivity contribution in [2.45, 2.75) is 0 Å². The first-order valence-electron chi connectivity index (χ1n) is 48.0. The molecular formula is C126H72N12S6. The van der Waals surface area contributed by atoms with Crippen LogP contribution < -0.4 is 0 Å². The Morgan fingerprint density at radius 2 is 0.417 bits per heavy atom. The molecule has 0 spiro atoms. The Morgan fingerprint density at radius 3 is 0.910 bits per heavy atom. The number of fused-ring (bicyclic) bond motifs is 58. The zero-order valence-corrected chi connectivity index (χ0v) is 81.3. The van der Waals surface area contributed by atoms with E-state index < -0.39 is 0 Å². The molecule has 0 radical (unpaired) electrons. The predicted molar refractivity (Wildman–Crippen MR) is 619 cm³/mol. The number of pyridine rings is 6. The summed E-state index contributed by atoms with van der Waals surface area (Å²) >= 11 is 11.2. The highest BCUT2D eigenvalue weighted by Crippen LogP contribution is 2.50. The summed E-state index contributed by atoms with van der Waals surface area (Å²) in [7, 11) is 0. The van der Waals surface area contributed by atoms with Crippen LogP contribution in [0.4, 0.5) is 0 Å². The van der Waals surface area contributed by atoms with Gasteiger partial charge in [0.15, 0.2) is 0 Å². The van der Waals surface area contributed by atoms with E-state index in [1.54, 1.807) is 0 Å². The van der Waals surface area contributed by atoms with Crippen molar-refractivity contribution < 1.29 is 0 Å². The predicted octanol–water partition coefficient (Wildman–Crippen LogP) is 36.1. The van der Waals surface area contributed by atoms with E-state index in [2.05, 4.69) is 457 Å². The van der Waals surface area contributed by atoms with Crippen molar-refractivity contribution in [1.29, 1.82) is 0 Å². The summed E-state index contributed by atoms with van der Waals surface area (Å²) in [5.74, 6) is 0. The van der Waals surface area contributed by atoms with Gasteiger partial charge < -0.3 is 0 Å². The van der Waals surface area contributed by atoms with Crippen LogP contribution >= 0.6 is 68.0 Å². The Labute approximate surface area is 840 Å². The Bertz CT molecular complexity index is 11600. The van der Waals surface area contributed by atoms with Crippen LogP contribution in [0.5, 0.6) is 0 Å². The molecule has 0 aliphatic rings. The third-order valence-corrected chi connectivity index (χ3v) is 36.1. The van der Waals surface area contributed by atoms with Crippen molar-refractivity contribution in [3.05, 3.63) is 438 Å². The molecule has 0 amide bonds. The van der Waals surface area contributed by atoms with Crippen LogP contribution in [0.25, 0.3) is 285 Å².